The summed E-state index contributed by atoms with van der Waals surface area (Å²) in [5, 5.41) is 25.2. The molecule has 7 heteroatoms. The van der Waals surface area contributed by atoms with Crippen molar-refractivity contribution in [2.24, 2.45) is 5.92 Å². The van der Waals surface area contributed by atoms with Crippen molar-refractivity contribution in [2.45, 2.75) is 27.7 Å². The number of aromatic carboxylic acids is 3. The number of hydrogen-bond donors (Lipinski definition) is 3. The van der Waals surface area contributed by atoms with Crippen molar-refractivity contribution in [3.05, 3.63) is 128 Å². The van der Waals surface area contributed by atoms with Gasteiger partial charge in [0.05, 0.1) is 16.7 Å². The van der Waals surface area contributed by atoms with E-state index in [4.69, 9.17) is 15.3 Å². The van der Waals surface area contributed by atoms with Crippen molar-refractivity contribution < 1.29 is 50.1 Å². The van der Waals surface area contributed by atoms with Gasteiger partial charge in [-0.2, -0.15) is 0 Å². The van der Waals surface area contributed by atoms with Gasteiger partial charge in [0.2, 0.25) is 0 Å². The molecule has 0 saturated carbocycles. The zero-order valence-electron chi connectivity index (χ0n) is 21.3. The molecular formula is C30H31O6Ti. The monoisotopic (exact) mass is 535 g/mol. The van der Waals surface area contributed by atoms with Gasteiger partial charge >= 0.3 is 92.6 Å². The van der Waals surface area contributed by atoms with Crippen molar-refractivity contribution >= 4 is 17.9 Å². The SMILES string of the molecule is CC1=C(C)C(C)[C]([Ti])=C1C.O=C(O)c1ccccc1.O=C(O)c1ccccc1.O=C(O)c1ccccc1. The Morgan fingerprint density at radius 2 is 0.838 bits per heavy atom. The number of carboxylic acid groups (broad SMARTS) is 3. The molecule has 3 aromatic carbocycles. The molecule has 3 N–H and O–H groups in total. The Balaban J connectivity index is 0.000000247. The first-order chi connectivity index (χ1) is 17.5. The van der Waals surface area contributed by atoms with Crippen molar-refractivity contribution in [1.29, 1.82) is 0 Å². The van der Waals surface area contributed by atoms with E-state index in [2.05, 4.69) is 48.1 Å². The third-order valence-electron chi connectivity index (χ3n) is 5.70. The molecule has 1 unspecified atom stereocenters. The molecule has 0 aliphatic heterocycles. The molecule has 0 fully saturated rings. The van der Waals surface area contributed by atoms with Crippen molar-refractivity contribution in [3.8, 4) is 0 Å². The number of allylic oxidation sites excluding steroid dienone is 4. The molecule has 1 atom stereocenters. The van der Waals surface area contributed by atoms with Crippen molar-refractivity contribution in [3.63, 3.8) is 0 Å². The van der Waals surface area contributed by atoms with E-state index in [1.807, 2.05) is 0 Å². The average Bonchev–Trinajstić information content (AvgIpc) is 3.08. The second-order valence-corrected chi connectivity index (χ2v) is 8.92. The second kappa shape index (κ2) is 16.1. The standard InChI is InChI=1S/C9H13.3C7H6O2.Ti/c1-6-5-7(2)9(4)8(6)3;3*8-7(9)6-4-2-1-3-5-6;/h6H,1-4H3;3*1-5H,(H,8,9);. The van der Waals surface area contributed by atoms with Gasteiger partial charge in [-0.25, -0.2) is 14.4 Å². The molecule has 37 heavy (non-hydrogen) atoms. The molecule has 0 amide bonds. The van der Waals surface area contributed by atoms with Gasteiger partial charge in [-0.3, -0.25) is 0 Å². The van der Waals surface area contributed by atoms with E-state index in [9.17, 15) is 14.4 Å². The largest absolute Gasteiger partial charge is 0.478 e. The topological polar surface area (TPSA) is 112 Å². The van der Waals surface area contributed by atoms with Crippen LogP contribution in [0.25, 0.3) is 0 Å². The third-order valence-corrected chi connectivity index (χ3v) is 6.96. The van der Waals surface area contributed by atoms with E-state index in [1.165, 1.54) is 11.1 Å². The average molecular weight is 535 g/mol. The number of hydrogen-bond acceptors (Lipinski definition) is 3. The van der Waals surface area contributed by atoms with Gasteiger partial charge in [0.25, 0.3) is 0 Å². The van der Waals surface area contributed by atoms with E-state index < -0.39 is 17.9 Å². The van der Waals surface area contributed by atoms with Crippen LogP contribution in [0.1, 0.15) is 58.8 Å². The second-order valence-electron chi connectivity index (χ2n) is 8.08. The van der Waals surface area contributed by atoms with Crippen molar-refractivity contribution in [1.82, 2.24) is 0 Å². The molecule has 0 aromatic heterocycles. The van der Waals surface area contributed by atoms with Crippen LogP contribution in [-0.4, -0.2) is 33.2 Å². The van der Waals surface area contributed by atoms with Crippen LogP contribution in [0.4, 0.5) is 0 Å². The first-order valence-electron chi connectivity index (χ1n) is 11.4. The van der Waals surface area contributed by atoms with Crippen LogP contribution in [0, 0.1) is 5.92 Å². The van der Waals surface area contributed by atoms with Gasteiger partial charge in [0, 0.05) is 0 Å². The van der Waals surface area contributed by atoms with E-state index in [1.54, 1.807) is 100 Å². The van der Waals surface area contributed by atoms with Crippen LogP contribution in [0.5, 0.6) is 0 Å². The fourth-order valence-corrected chi connectivity index (χ4v) is 3.74. The molecule has 6 nitrogen and oxygen atoms in total. The summed E-state index contributed by atoms with van der Waals surface area (Å²) in [4.78, 5) is 30.6. The molecular weight excluding hydrogens is 504 g/mol. The molecule has 191 valence electrons. The van der Waals surface area contributed by atoms with Crippen LogP contribution in [0.3, 0.4) is 0 Å². The number of rotatable bonds is 3. The minimum atomic E-state index is -0.879. The fourth-order valence-electron chi connectivity index (χ4n) is 3.11. The van der Waals surface area contributed by atoms with E-state index in [-0.39, 0.29) is 0 Å². The maximum absolute atomic E-state index is 10.2. The summed E-state index contributed by atoms with van der Waals surface area (Å²) < 4.78 is 1.55. The van der Waals surface area contributed by atoms with Gasteiger partial charge in [-0.1, -0.05) is 54.6 Å². The Kier molecular flexibility index (Phi) is 13.6. The Labute approximate surface area is 229 Å². The van der Waals surface area contributed by atoms with Gasteiger partial charge in [-0.05, 0) is 36.4 Å². The summed E-state index contributed by atoms with van der Waals surface area (Å²) in [6.07, 6.45) is 0. The molecule has 0 heterocycles. The normalized spacial score (nSPS) is 13.6. The molecule has 1 aliphatic rings. The van der Waals surface area contributed by atoms with Crippen LogP contribution in [-0.2, 0) is 20.4 Å². The maximum Gasteiger partial charge on any atom is 0.335 e. The van der Waals surface area contributed by atoms with Gasteiger partial charge in [0.1, 0.15) is 0 Å². The summed E-state index contributed by atoms with van der Waals surface area (Å²) >= 11 is 2.24. The quantitative estimate of drug-likeness (QED) is 0.313. The van der Waals surface area contributed by atoms with Crippen LogP contribution in [0.15, 0.2) is 112 Å². The predicted octanol–water partition coefficient (Wildman–Crippen LogP) is 6.95. The Morgan fingerprint density at radius 3 is 0.946 bits per heavy atom. The first-order valence-corrected chi connectivity index (χ1v) is 12.2. The zero-order valence-corrected chi connectivity index (χ0v) is 22.9. The Hall–Kier alpha value is -3.74. The van der Waals surface area contributed by atoms with Gasteiger partial charge < -0.3 is 15.3 Å². The molecule has 4 rings (SSSR count). The maximum atomic E-state index is 10.2. The van der Waals surface area contributed by atoms with Crippen LogP contribution >= 0.6 is 0 Å². The Bertz CT molecular complexity index is 1090. The van der Waals surface area contributed by atoms with Gasteiger partial charge in [0.15, 0.2) is 0 Å². The van der Waals surface area contributed by atoms with E-state index in [0.717, 1.165) is 0 Å². The minimum Gasteiger partial charge on any atom is -0.478 e. The molecule has 0 saturated heterocycles. The number of benzene rings is 3. The van der Waals surface area contributed by atoms with Crippen LogP contribution < -0.4 is 0 Å². The predicted molar refractivity (Wildman–Crippen MR) is 140 cm³/mol. The number of carbonyl (C=O) groups is 3. The smallest absolute Gasteiger partial charge is 0.335 e. The Morgan fingerprint density at radius 1 is 0.568 bits per heavy atom. The summed E-state index contributed by atoms with van der Waals surface area (Å²) in [6.45, 7) is 8.96. The minimum absolute atomic E-state index is 0.331. The van der Waals surface area contributed by atoms with E-state index >= 15 is 0 Å². The molecule has 1 aliphatic carbocycles. The van der Waals surface area contributed by atoms with E-state index in [0.29, 0.717) is 22.6 Å². The molecule has 0 spiro atoms. The summed E-state index contributed by atoms with van der Waals surface area (Å²) in [7, 11) is 0. The van der Waals surface area contributed by atoms with Crippen molar-refractivity contribution in [2.75, 3.05) is 0 Å². The third kappa shape index (κ3) is 10.8. The fraction of sp³-hybridized carbons (Fsp3) is 0.167. The summed E-state index contributed by atoms with van der Waals surface area (Å²) in [5.74, 6) is -1.94. The number of carboxylic acids is 3. The summed E-state index contributed by atoms with van der Waals surface area (Å²) in [6, 6.07) is 24.9. The first kappa shape index (κ1) is 31.3. The molecule has 3 aromatic rings. The summed E-state index contributed by atoms with van der Waals surface area (Å²) in [5.41, 5.74) is 5.55. The molecule has 0 bridgehead atoms. The zero-order chi connectivity index (χ0) is 28.0. The van der Waals surface area contributed by atoms with Gasteiger partial charge in [-0.15, -0.1) is 0 Å². The van der Waals surface area contributed by atoms with Crippen LogP contribution in [0.2, 0.25) is 0 Å². The molecule has 0 radical (unpaired) electrons.